The van der Waals surface area contributed by atoms with Crippen molar-refractivity contribution in [3.8, 4) is 11.3 Å². The summed E-state index contributed by atoms with van der Waals surface area (Å²) in [5, 5.41) is 21.7. The third-order valence-corrected chi connectivity index (χ3v) is 5.36. The van der Waals surface area contributed by atoms with Crippen molar-refractivity contribution in [2.24, 2.45) is 10.7 Å². The van der Waals surface area contributed by atoms with Gasteiger partial charge in [0.25, 0.3) is 0 Å². The maximum atomic E-state index is 14.7. The number of pyridine rings is 1. The first kappa shape index (κ1) is 17.9. The van der Waals surface area contributed by atoms with Crippen LogP contribution in [0.1, 0.15) is 22.3 Å². The molecule has 0 amide bonds. The summed E-state index contributed by atoms with van der Waals surface area (Å²) in [6.07, 6.45) is 5.56. The van der Waals surface area contributed by atoms with Gasteiger partial charge in [0.2, 0.25) is 0 Å². The van der Waals surface area contributed by atoms with E-state index in [1.165, 1.54) is 31.0 Å². The third-order valence-electron chi connectivity index (χ3n) is 5.36. The lowest BCUT2D eigenvalue weighted by Crippen LogP contribution is -2.29. The molecule has 0 fully saturated rings. The summed E-state index contributed by atoms with van der Waals surface area (Å²) >= 11 is 0. The highest BCUT2D eigenvalue weighted by Gasteiger charge is 2.44. The zero-order valence-corrected chi connectivity index (χ0v) is 15.6. The lowest BCUT2D eigenvalue weighted by Gasteiger charge is -2.29. The number of hydrogen-bond acceptors (Lipinski definition) is 5. The van der Waals surface area contributed by atoms with Gasteiger partial charge in [-0.1, -0.05) is 30.3 Å². The molecule has 0 bridgehead atoms. The second kappa shape index (κ2) is 6.41. The van der Waals surface area contributed by atoms with E-state index in [2.05, 4.69) is 4.98 Å². The molecule has 2 aromatic heterocycles. The molecule has 3 N–H and O–H groups in total. The van der Waals surface area contributed by atoms with Crippen LogP contribution >= 0.6 is 0 Å². The zero-order chi connectivity index (χ0) is 20.9. The van der Waals surface area contributed by atoms with Crippen LogP contribution < -0.4 is 10.5 Å². The number of imidazole rings is 1. The molecule has 8 heteroatoms. The Kier molecular flexibility index (Phi) is 3.82. The zero-order valence-electron chi connectivity index (χ0n) is 15.6. The molecule has 0 saturated heterocycles. The fraction of sp³-hybridized carbons (Fsp3) is 0.0455. The number of aromatic nitrogens is 3. The first-order chi connectivity index (χ1) is 14.5. The van der Waals surface area contributed by atoms with E-state index in [1.807, 2.05) is 24.3 Å². The van der Waals surface area contributed by atoms with Crippen molar-refractivity contribution in [3.63, 3.8) is 0 Å². The summed E-state index contributed by atoms with van der Waals surface area (Å²) in [6.45, 7) is 0. The Morgan fingerprint density at radius 1 is 1.07 bits per heavy atom. The molecule has 1 unspecified atom stereocenters. The molecular weight excluding hydrogens is 385 g/mol. The van der Waals surface area contributed by atoms with Crippen molar-refractivity contribution >= 4 is 5.84 Å². The van der Waals surface area contributed by atoms with Gasteiger partial charge in [-0.25, -0.2) is 14.4 Å². The van der Waals surface area contributed by atoms with Gasteiger partial charge in [-0.3, -0.25) is 0 Å². The average molecular weight is 401 g/mol. The standard InChI is InChI=1S/C22H16FN5O2/c23-18-6-2-5-17-20(18)21(24)26-22(17,15-7-9-27(29)10-8-15)16-4-1-3-14(11-16)19-12-25-13-28(19)30/h1-13,30H,(H2,24,26). The monoisotopic (exact) mass is 401 g/mol. The van der Waals surface area contributed by atoms with E-state index < -0.39 is 11.4 Å². The Morgan fingerprint density at radius 2 is 1.83 bits per heavy atom. The Bertz CT molecular complexity index is 1300. The highest BCUT2D eigenvalue weighted by Crippen LogP contribution is 2.46. The molecule has 5 rings (SSSR count). The van der Waals surface area contributed by atoms with Gasteiger partial charge in [0.1, 0.15) is 29.2 Å². The van der Waals surface area contributed by atoms with Gasteiger partial charge >= 0.3 is 0 Å². The number of hydrogen-bond donors (Lipinski definition) is 2. The minimum absolute atomic E-state index is 0.0829. The smallest absolute Gasteiger partial charge is 0.180 e. The molecule has 1 aliphatic heterocycles. The predicted octanol–water partition coefficient (Wildman–Crippen LogP) is 2.57. The summed E-state index contributed by atoms with van der Waals surface area (Å²) in [5.41, 5.74) is 8.41. The van der Waals surface area contributed by atoms with Crippen LogP contribution in [-0.4, -0.2) is 20.8 Å². The molecule has 0 radical (unpaired) electrons. The molecule has 3 heterocycles. The topological polar surface area (TPSA) is 103 Å². The summed E-state index contributed by atoms with van der Waals surface area (Å²) in [5.74, 6) is -0.380. The van der Waals surface area contributed by atoms with Crippen molar-refractivity contribution in [1.29, 1.82) is 0 Å². The van der Waals surface area contributed by atoms with Gasteiger partial charge in [-0.2, -0.15) is 9.46 Å². The molecule has 0 spiro atoms. The SMILES string of the molecule is NC1=NC(c2cc[n+]([O-])cc2)(c2cccc(-c3cncn3O)c2)c2cccc(F)c21. The van der Waals surface area contributed by atoms with Gasteiger partial charge in [0.05, 0.1) is 11.8 Å². The third kappa shape index (κ3) is 2.47. The molecule has 2 aromatic carbocycles. The normalized spacial score (nSPS) is 17.6. The fourth-order valence-corrected chi connectivity index (χ4v) is 4.04. The summed E-state index contributed by atoms with van der Waals surface area (Å²) in [4.78, 5) is 8.67. The second-order valence-electron chi connectivity index (χ2n) is 7.02. The summed E-state index contributed by atoms with van der Waals surface area (Å²) < 4.78 is 16.3. The number of nitrogens with two attached hydrogens (primary N) is 1. The van der Waals surface area contributed by atoms with Crippen LogP contribution in [0, 0.1) is 11.0 Å². The van der Waals surface area contributed by atoms with Gasteiger partial charge in [-0.05, 0) is 17.7 Å². The highest BCUT2D eigenvalue weighted by atomic mass is 19.1. The number of benzene rings is 2. The highest BCUT2D eigenvalue weighted by molar-refractivity contribution is 6.03. The van der Waals surface area contributed by atoms with Crippen LogP contribution in [0.15, 0.2) is 84.5 Å². The molecule has 148 valence electrons. The molecule has 0 aliphatic carbocycles. The number of amidine groups is 1. The molecule has 4 aromatic rings. The maximum Gasteiger partial charge on any atom is 0.180 e. The summed E-state index contributed by atoms with van der Waals surface area (Å²) in [7, 11) is 0. The minimum atomic E-state index is -1.15. The van der Waals surface area contributed by atoms with E-state index >= 15 is 0 Å². The first-order valence-electron chi connectivity index (χ1n) is 9.17. The number of halogens is 1. The number of aliphatic imine (C=N–C) groups is 1. The molecule has 1 atom stereocenters. The van der Waals surface area contributed by atoms with E-state index in [-0.39, 0.29) is 11.4 Å². The summed E-state index contributed by atoms with van der Waals surface area (Å²) in [6, 6.07) is 15.4. The van der Waals surface area contributed by atoms with Crippen LogP contribution in [-0.2, 0) is 5.54 Å². The van der Waals surface area contributed by atoms with Crippen molar-refractivity contribution < 1.29 is 14.3 Å². The van der Waals surface area contributed by atoms with E-state index in [0.29, 0.717) is 32.7 Å². The number of nitrogens with zero attached hydrogens (tertiary/aromatic N) is 4. The Morgan fingerprint density at radius 3 is 2.57 bits per heavy atom. The first-order valence-corrected chi connectivity index (χ1v) is 9.17. The molecule has 7 nitrogen and oxygen atoms in total. The van der Waals surface area contributed by atoms with Crippen molar-refractivity contribution in [2.45, 2.75) is 5.54 Å². The fourth-order valence-electron chi connectivity index (χ4n) is 4.04. The molecular formula is C22H16FN5O2. The van der Waals surface area contributed by atoms with Gasteiger partial charge in [0, 0.05) is 28.8 Å². The van der Waals surface area contributed by atoms with Gasteiger partial charge in [0.15, 0.2) is 12.4 Å². The largest absolute Gasteiger partial charge is 0.619 e. The van der Waals surface area contributed by atoms with Crippen LogP contribution in [0.25, 0.3) is 11.3 Å². The van der Waals surface area contributed by atoms with Crippen molar-refractivity contribution in [2.75, 3.05) is 0 Å². The number of fused-ring (bicyclic) bond motifs is 1. The van der Waals surface area contributed by atoms with E-state index in [9.17, 15) is 14.8 Å². The molecule has 0 saturated carbocycles. The Balaban J connectivity index is 1.82. The van der Waals surface area contributed by atoms with Crippen molar-refractivity contribution in [1.82, 2.24) is 9.71 Å². The maximum absolute atomic E-state index is 14.7. The Labute approximate surface area is 170 Å². The van der Waals surface area contributed by atoms with E-state index in [4.69, 9.17) is 10.7 Å². The van der Waals surface area contributed by atoms with Gasteiger partial charge in [-0.15, -0.1) is 0 Å². The van der Waals surface area contributed by atoms with Crippen LogP contribution in [0.5, 0.6) is 0 Å². The second-order valence-corrected chi connectivity index (χ2v) is 7.02. The minimum Gasteiger partial charge on any atom is -0.619 e. The van der Waals surface area contributed by atoms with E-state index in [0.717, 1.165) is 4.73 Å². The van der Waals surface area contributed by atoms with Crippen molar-refractivity contribution in [3.05, 3.63) is 113 Å². The van der Waals surface area contributed by atoms with Crippen LogP contribution in [0.2, 0.25) is 0 Å². The average Bonchev–Trinajstić information content (AvgIpc) is 3.31. The van der Waals surface area contributed by atoms with Gasteiger partial charge < -0.3 is 16.1 Å². The van der Waals surface area contributed by atoms with E-state index in [1.54, 1.807) is 24.3 Å². The lowest BCUT2D eigenvalue weighted by atomic mass is 9.77. The number of rotatable bonds is 3. The molecule has 1 aliphatic rings. The van der Waals surface area contributed by atoms with Crippen LogP contribution in [0.3, 0.4) is 0 Å². The predicted molar refractivity (Wildman–Crippen MR) is 107 cm³/mol. The molecule has 30 heavy (non-hydrogen) atoms. The quantitative estimate of drug-likeness (QED) is 0.313. The lowest BCUT2D eigenvalue weighted by molar-refractivity contribution is -0.605. The van der Waals surface area contributed by atoms with Crippen LogP contribution in [0.4, 0.5) is 4.39 Å². The Hall–Kier alpha value is -4.20.